The van der Waals surface area contributed by atoms with Gasteiger partial charge in [0.05, 0.1) is 0 Å². The fourth-order valence-corrected chi connectivity index (χ4v) is 3.44. The molecule has 0 fully saturated rings. The highest BCUT2D eigenvalue weighted by molar-refractivity contribution is 9.10. The van der Waals surface area contributed by atoms with Gasteiger partial charge in [-0.3, -0.25) is 4.79 Å². The molecule has 0 spiro atoms. The second-order valence-electron chi connectivity index (χ2n) is 5.15. The first-order valence-electron chi connectivity index (χ1n) is 6.78. The number of rotatable bonds is 8. The van der Waals surface area contributed by atoms with Gasteiger partial charge in [-0.1, -0.05) is 29.8 Å². The van der Waals surface area contributed by atoms with Gasteiger partial charge in [-0.05, 0) is 50.6 Å². The lowest BCUT2D eigenvalue weighted by molar-refractivity contribution is -0.144. The molecule has 0 aliphatic heterocycles. The van der Waals surface area contributed by atoms with Gasteiger partial charge in [0.2, 0.25) is 0 Å². The number of thioether (sulfide) groups is 1. The van der Waals surface area contributed by atoms with Gasteiger partial charge in [0.15, 0.2) is 0 Å². The Morgan fingerprint density at radius 2 is 2.05 bits per heavy atom. The molecule has 112 valence electrons. The number of nitrogens with one attached hydrogen (secondary N) is 1. The molecule has 2 N–H and O–H groups in total. The molecule has 2 atom stereocenters. The minimum Gasteiger partial charge on any atom is -0.480 e. The zero-order valence-electron chi connectivity index (χ0n) is 12.1. The van der Waals surface area contributed by atoms with E-state index in [-0.39, 0.29) is 5.25 Å². The fraction of sp³-hybridized carbons (Fsp3) is 0.533. The summed E-state index contributed by atoms with van der Waals surface area (Å²) >= 11 is 5.12. The van der Waals surface area contributed by atoms with Crippen molar-refractivity contribution in [2.24, 2.45) is 0 Å². The first kappa shape index (κ1) is 17.5. The second-order valence-corrected chi connectivity index (χ2v) is 7.58. The van der Waals surface area contributed by atoms with Crippen molar-refractivity contribution in [2.75, 3.05) is 6.54 Å². The van der Waals surface area contributed by atoms with E-state index in [9.17, 15) is 9.90 Å². The minimum absolute atomic E-state index is 0.224. The summed E-state index contributed by atoms with van der Waals surface area (Å²) in [7, 11) is 0. The summed E-state index contributed by atoms with van der Waals surface area (Å²) < 4.78 is 1.05. The Morgan fingerprint density at radius 3 is 2.55 bits per heavy atom. The molecular weight excluding hydrogens is 338 g/mol. The SMILES string of the molecule is CCCNC(C)(CC(C)Sc1ccc(Br)cc1)C(=O)O. The molecular formula is C15H22BrNO2S. The molecule has 5 heteroatoms. The Labute approximate surface area is 133 Å². The van der Waals surface area contributed by atoms with Gasteiger partial charge in [0.25, 0.3) is 0 Å². The van der Waals surface area contributed by atoms with Crippen molar-refractivity contribution < 1.29 is 9.90 Å². The molecule has 0 aromatic heterocycles. The van der Waals surface area contributed by atoms with Crippen LogP contribution in [-0.4, -0.2) is 28.4 Å². The van der Waals surface area contributed by atoms with E-state index >= 15 is 0 Å². The number of aliphatic carboxylic acids is 1. The Morgan fingerprint density at radius 1 is 1.45 bits per heavy atom. The maximum atomic E-state index is 11.5. The molecule has 0 aliphatic carbocycles. The van der Waals surface area contributed by atoms with Crippen molar-refractivity contribution in [1.29, 1.82) is 0 Å². The quantitative estimate of drug-likeness (QED) is 0.684. The van der Waals surface area contributed by atoms with E-state index in [1.54, 1.807) is 18.7 Å². The van der Waals surface area contributed by atoms with E-state index in [1.165, 1.54) is 0 Å². The molecule has 0 radical (unpaired) electrons. The summed E-state index contributed by atoms with van der Waals surface area (Å²) in [4.78, 5) is 12.6. The van der Waals surface area contributed by atoms with Crippen LogP contribution in [0.4, 0.5) is 0 Å². The molecule has 0 amide bonds. The van der Waals surface area contributed by atoms with E-state index in [1.807, 2.05) is 31.2 Å². The molecule has 3 nitrogen and oxygen atoms in total. The van der Waals surface area contributed by atoms with Crippen LogP contribution in [0.3, 0.4) is 0 Å². The van der Waals surface area contributed by atoms with Gasteiger partial charge in [-0.25, -0.2) is 0 Å². The van der Waals surface area contributed by atoms with Crippen molar-refractivity contribution in [2.45, 2.75) is 49.3 Å². The van der Waals surface area contributed by atoms with E-state index < -0.39 is 11.5 Å². The predicted molar refractivity (Wildman–Crippen MR) is 88.4 cm³/mol. The summed E-state index contributed by atoms with van der Waals surface area (Å²) in [6, 6.07) is 8.09. The van der Waals surface area contributed by atoms with Crippen LogP contribution in [0.15, 0.2) is 33.6 Å². The normalized spacial score (nSPS) is 15.6. The summed E-state index contributed by atoms with van der Waals surface area (Å²) in [6.07, 6.45) is 1.51. The van der Waals surface area contributed by atoms with Crippen LogP contribution >= 0.6 is 27.7 Å². The number of carbonyl (C=O) groups is 1. The molecule has 2 unspecified atom stereocenters. The van der Waals surface area contributed by atoms with Crippen LogP contribution in [0.2, 0.25) is 0 Å². The van der Waals surface area contributed by atoms with Crippen molar-refractivity contribution in [3.8, 4) is 0 Å². The molecule has 0 saturated heterocycles. The zero-order chi connectivity index (χ0) is 15.2. The molecule has 1 aromatic carbocycles. The van der Waals surface area contributed by atoms with Crippen LogP contribution in [0, 0.1) is 0 Å². The highest BCUT2D eigenvalue weighted by Crippen LogP contribution is 2.29. The highest BCUT2D eigenvalue weighted by atomic mass is 79.9. The molecule has 1 rings (SSSR count). The lowest BCUT2D eigenvalue weighted by Gasteiger charge is -2.29. The standard InChI is InChI=1S/C15H22BrNO2S/c1-4-9-17-15(3,14(18)19)10-11(2)20-13-7-5-12(16)6-8-13/h5-8,11,17H,4,9-10H2,1-3H3,(H,18,19). The van der Waals surface area contributed by atoms with Crippen molar-refractivity contribution in [3.63, 3.8) is 0 Å². The van der Waals surface area contributed by atoms with Crippen LogP contribution in [-0.2, 0) is 4.79 Å². The molecule has 0 bridgehead atoms. The van der Waals surface area contributed by atoms with Crippen LogP contribution in [0.1, 0.15) is 33.6 Å². The third-order valence-corrected chi connectivity index (χ3v) is 4.73. The van der Waals surface area contributed by atoms with Crippen LogP contribution in [0.5, 0.6) is 0 Å². The monoisotopic (exact) mass is 359 g/mol. The number of hydrogen-bond acceptors (Lipinski definition) is 3. The van der Waals surface area contributed by atoms with E-state index in [4.69, 9.17) is 0 Å². The summed E-state index contributed by atoms with van der Waals surface area (Å²) in [5.41, 5.74) is -0.863. The third-order valence-electron chi connectivity index (χ3n) is 3.08. The summed E-state index contributed by atoms with van der Waals surface area (Å²) in [5, 5.41) is 12.8. The molecule has 20 heavy (non-hydrogen) atoms. The van der Waals surface area contributed by atoms with Crippen molar-refractivity contribution in [3.05, 3.63) is 28.7 Å². The van der Waals surface area contributed by atoms with Gasteiger partial charge in [0.1, 0.15) is 5.54 Å². The highest BCUT2D eigenvalue weighted by Gasteiger charge is 2.34. The first-order chi connectivity index (χ1) is 9.37. The third kappa shape index (κ3) is 5.46. The number of halogens is 1. The van der Waals surface area contributed by atoms with Gasteiger partial charge in [0, 0.05) is 14.6 Å². The smallest absolute Gasteiger partial charge is 0.323 e. The molecule has 0 heterocycles. The number of carboxylic acid groups (broad SMARTS) is 1. The number of benzene rings is 1. The topological polar surface area (TPSA) is 49.3 Å². The molecule has 1 aromatic rings. The van der Waals surface area contributed by atoms with Gasteiger partial charge in [-0.15, -0.1) is 11.8 Å². The lowest BCUT2D eigenvalue weighted by Crippen LogP contribution is -2.51. The second kappa shape index (κ2) is 8.05. The molecule has 0 aliphatic rings. The van der Waals surface area contributed by atoms with Gasteiger partial charge >= 0.3 is 5.97 Å². The van der Waals surface area contributed by atoms with Crippen molar-refractivity contribution in [1.82, 2.24) is 5.32 Å². The van der Waals surface area contributed by atoms with Crippen LogP contribution in [0.25, 0.3) is 0 Å². The van der Waals surface area contributed by atoms with E-state index in [0.717, 1.165) is 22.3 Å². The predicted octanol–water partition coefficient (Wildman–Crippen LogP) is 4.16. The average molecular weight is 360 g/mol. The summed E-state index contributed by atoms with van der Waals surface area (Å²) in [5.74, 6) is -0.783. The Kier molecular flexibility index (Phi) is 7.06. The van der Waals surface area contributed by atoms with Gasteiger partial charge < -0.3 is 10.4 Å². The maximum absolute atomic E-state index is 11.5. The minimum atomic E-state index is -0.863. The van der Waals surface area contributed by atoms with Gasteiger partial charge in [-0.2, -0.15) is 0 Å². The summed E-state index contributed by atoms with van der Waals surface area (Å²) in [6.45, 7) is 6.60. The maximum Gasteiger partial charge on any atom is 0.323 e. The van der Waals surface area contributed by atoms with E-state index in [2.05, 4.69) is 28.2 Å². The Hall–Kier alpha value is -0.520. The molecule has 0 saturated carbocycles. The fourth-order valence-electron chi connectivity index (χ4n) is 2.00. The number of hydrogen-bond donors (Lipinski definition) is 2. The average Bonchev–Trinajstić information content (AvgIpc) is 2.39. The van der Waals surface area contributed by atoms with Crippen LogP contribution < -0.4 is 5.32 Å². The van der Waals surface area contributed by atoms with E-state index in [0.29, 0.717) is 6.42 Å². The lowest BCUT2D eigenvalue weighted by atomic mass is 9.96. The number of carboxylic acids is 1. The van der Waals surface area contributed by atoms with Crippen molar-refractivity contribution >= 4 is 33.7 Å². The Bertz CT molecular complexity index is 438. The first-order valence-corrected chi connectivity index (χ1v) is 8.45. The Balaban J connectivity index is 2.64. The largest absolute Gasteiger partial charge is 0.480 e. The zero-order valence-corrected chi connectivity index (χ0v) is 14.6.